The molecule has 7 nitrogen and oxygen atoms in total. The van der Waals surface area contributed by atoms with Gasteiger partial charge in [-0.1, -0.05) is 26.0 Å². The van der Waals surface area contributed by atoms with Crippen molar-refractivity contribution < 1.29 is 27.1 Å². The highest BCUT2D eigenvalue weighted by Crippen LogP contribution is 2.32. The molecule has 1 aliphatic rings. The summed E-state index contributed by atoms with van der Waals surface area (Å²) in [6.45, 7) is 4.58. The molecule has 0 bridgehead atoms. The summed E-state index contributed by atoms with van der Waals surface area (Å²) >= 11 is 0. The van der Waals surface area contributed by atoms with E-state index in [1.54, 1.807) is 26.0 Å². The fourth-order valence-corrected chi connectivity index (χ4v) is 4.37. The molecular weight excluding hydrogens is 411 g/mol. The summed E-state index contributed by atoms with van der Waals surface area (Å²) in [5, 5.41) is 2.75. The average molecular weight is 437 g/mol. The van der Waals surface area contributed by atoms with Gasteiger partial charge in [-0.3, -0.25) is 4.79 Å². The van der Waals surface area contributed by atoms with E-state index in [1.807, 2.05) is 0 Å². The Morgan fingerprint density at radius 3 is 2.40 bits per heavy atom. The third-order valence-electron chi connectivity index (χ3n) is 4.68. The summed E-state index contributed by atoms with van der Waals surface area (Å²) in [5.41, 5.74) is 0.870. The smallest absolute Gasteiger partial charge is 0.241 e. The molecule has 162 valence electrons. The molecule has 0 saturated carbocycles. The lowest BCUT2D eigenvalue weighted by Gasteiger charge is -2.23. The van der Waals surface area contributed by atoms with E-state index >= 15 is 0 Å². The molecule has 9 heteroatoms. The molecule has 2 aromatic rings. The number of sulfonamides is 1. The lowest BCUT2D eigenvalue weighted by molar-refractivity contribution is -0.123. The van der Waals surface area contributed by atoms with Crippen molar-refractivity contribution in [2.45, 2.75) is 31.2 Å². The van der Waals surface area contributed by atoms with Crippen molar-refractivity contribution in [1.29, 1.82) is 0 Å². The van der Waals surface area contributed by atoms with E-state index in [0.29, 0.717) is 37.7 Å². The Morgan fingerprint density at radius 1 is 1.07 bits per heavy atom. The first kappa shape index (κ1) is 22.0. The maximum Gasteiger partial charge on any atom is 0.241 e. The van der Waals surface area contributed by atoms with Crippen LogP contribution >= 0.6 is 0 Å². The molecule has 2 N–H and O–H groups in total. The number of amides is 1. The highest BCUT2D eigenvalue weighted by atomic mass is 32.2. The minimum Gasteiger partial charge on any atom is -0.486 e. The molecule has 2 aromatic carbocycles. The lowest BCUT2D eigenvalue weighted by atomic mass is 10.0. The van der Waals surface area contributed by atoms with Crippen LogP contribution in [0, 0.1) is 11.7 Å². The summed E-state index contributed by atoms with van der Waals surface area (Å²) in [6, 6.07) is 9.40. The largest absolute Gasteiger partial charge is 0.486 e. The molecular formula is C21H25FN2O5S. The van der Waals surface area contributed by atoms with Crippen LogP contribution < -0.4 is 19.5 Å². The third kappa shape index (κ3) is 5.48. The first-order chi connectivity index (χ1) is 14.3. The first-order valence-electron chi connectivity index (χ1n) is 9.70. The van der Waals surface area contributed by atoms with Crippen LogP contribution in [0.1, 0.15) is 19.4 Å². The van der Waals surface area contributed by atoms with Gasteiger partial charge in [0.1, 0.15) is 25.1 Å². The number of rotatable bonds is 8. The number of nitrogens with one attached hydrogen (secondary N) is 2. The van der Waals surface area contributed by atoms with Gasteiger partial charge in [-0.25, -0.2) is 12.8 Å². The maximum atomic E-state index is 13.0. The van der Waals surface area contributed by atoms with E-state index in [2.05, 4.69) is 10.0 Å². The predicted octanol–water partition coefficient (Wildman–Crippen LogP) is 2.26. The second-order valence-electron chi connectivity index (χ2n) is 7.32. The van der Waals surface area contributed by atoms with Crippen LogP contribution in [-0.2, 0) is 21.2 Å². The molecule has 3 rings (SSSR count). The monoisotopic (exact) mass is 436 g/mol. The summed E-state index contributed by atoms with van der Waals surface area (Å²) in [5.74, 6) is -0.180. The quantitative estimate of drug-likeness (QED) is 0.662. The number of ether oxygens (including phenoxy) is 2. The van der Waals surface area contributed by atoms with Gasteiger partial charge in [0.05, 0.1) is 4.90 Å². The molecule has 0 unspecified atom stereocenters. The molecule has 1 aliphatic heterocycles. The number of hydrogen-bond acceptors (Lipinski definition) is 5. The van der Waals surface area contributed by atoms with Gasteiger partial charge in [0, 0.05) is 12.6 Å². The van der Waals surface area contributed by atoms with E-state index in [1.165, 1.54) is 30.3 Å². The SMILES string of the molecule is CC(C)[C@H](NS(=O)(=O)c1ccc2c(c1)OCCO2)C(=O)NCCc1ccc(F)cc1. The highest BCUT2D eigenvalue weighted by Gasteiger charge is 2.29. The number of benzene rings is 2. The fourth-order valence-electron chi connectivity index (χ4n) is 3.01. The van der Waals surface area contributed by atoms with E-state index in [4.69, 9.17) is 9.47 Å². The number of hydrogen-bond donors (Lipinski definition) is 2. The van der Waals surface area contributed by atoms with E-state index in [-0.39, 0.29) is 16.6 Å². The standard InChI is InChI=1S/C21H25FN2O5S/c1-14(2)20(21(25)23-10-9-15-3-5-16(22)6-4-15)24-30(26,27)17-7-8-18-19(13-17)29-12-11-28-18/h3-8,13-14,20,24H,9-12H2,1-2H3,(H,23,25)/t20-/m0/s1. The van der Waals surface area contributed by atoms with Crippen LogP contribution in [0.15, 0.2) is 47.4 Å². The predicted molar refractivity (Wildman–Crippen MR) is 109 cm³/mol. The second kappa shape index (κ2) is 9.44. The van der Waals surface area contributed by atoms with E-state index in [9.17, 15) is 17.6 Å². The van der Waals surface area contributed by atoms with Gasteiger partial charge in [-0.15, -0.1) is 0 Å². The Morgan fingerprint density at radius 2 is 1.73 bits per heavy atom. The molecule has 30 heavy (non-hydrogen) atoms. The normalized spacial score (nSPS) is 14.4. The Bertz CT molecular complexity index is 993. The first-order valence-corrected chi connectivity index (χ1v) is 11.2. The summed E-state index contributed by atoms with van der Waals surface area (Å²) < 4.78 is 52.0. The minimum atomic E-state index is -3.95. The van der Waals surface area contributed by atoms with Crippen LogP contribution in [0.25, 0.3) is 0 Å². The zero-order valence-electron chi connectivity index (χ0n) is 16.9. The molecule has 1 heterocycles. The topological polar surface area (TPSA) is 93.7 Å². The maximum absolute atomic E-state index is 13.0. The van der Waals surface area contributed by atoms with Gasteiger partial charge in [-0.2, -0.15) is 4.72 Å². The number of carbonyl (C=O) groups is 1. The zero-order chi connectivity index (χ0) is 21.7. The average Bonchev–Trinajstić information content (AvgIpc) is 2.73. The number of fused-ring (bicyclic) bond motifs is 1. The van der Waals surface area contributed by atoms with Crippen LogP contribution in [0.5, 0.6) is 11.5 Å². The van der Waals surface area contributed by atoms with Crippen molar-refractivity contribution in [2.75, 3.05) is 19.8 Å². The number of halogens is 1. The van der Waals surface area contributed by atoms with Gasteiger partial charge >= 0.3 is 0 Å². The van der Waals surface area contributed by atoms with Gasteiger partial charge in [-0.05, 0) is 42.2 Å². The van der Waals surface area contributed by atoms with Gasteiger partial charge in [0.2, 0.25) is 15.9 Å². The van der Waals surface area contributed by atoms with E-state index < -0.39 is 22.0 Å². The van der Waals surface area contributed by atoms with E-state index in [0.717, 1.165) is 5.56 Å². The van der Waals surface area contributed by atoms with Gasteiger partial charge in [0.15, 0.2) is 11.5 Å². The van der Waals surface area contributed by atoms with Gasteiger partial charge < -0.3 is 14.8 Å². The zero-order valence-corrected chi connectivity index (χ0v) is 17.7. The highest BCUT2D eigenvalue weighted by molar-refractivity contribution is 7.89. The van der Waals surface area contributed by atoms with Crippen molar-refractivity contribution in [3.63, 3.8) is 0 Å². The molecule has 0 spiro atoms. The van der Waals surface area contributed by atoms with Crippen molar-refractivity contribution in [3.8, 4) is 11.5 Å². The van der Waals surface area contributed by atoms with Crippen molar-refractivity contribution >= 4 is 15.9 Å². The van der Waals surface area contributed by atoms with Crippen LogP contribution in [0.3, 0.4) is 0 Å². The van der Waals surface area contributed by atoms with Crippen LogP contribution in [-0.4, -0.2) is 40.1 Å². The van der Waals surface area contributed by atoms with Crippen LogP contribution in [0.4, 0.5) is 4.39 Å². The Kier molecular flexibility index (Phi) is 6.94. The van der Waals surface area contributed by atoms with Crippen molar-refractivity contribution in [1.82, 2.24) is 10.0 Å². The second-order valence-corrected chi connectivity index (χ2v) is 9.03. The number of carbonyl (C=O) groups excluding carboxylic acids is 1. The lowest BCUT2D eigenvalue weighted by Crippen LogP contribution is -2.49. The molecule has 0 aromatic heterocycles. The molecule has 0 radical (unpaired) electrons. The molecule has 1 atom stereocenters. The molecule has 1 amide bonds. The Balaban J connectivity index is 1.65. The summed E-state index contributed by atoms with van der Waals surface area (Å²) in [7, 11) is -3.95. The summed E-state index contributed by atoms with van der Waals surface area (Å²) in [4.78, 5) is 12.6. The minimum absolute atomic E-state index is 0.00323. The fraction of sp³-hybridized carbons (Fsp3) is 0.381. The summed E-state index contributed by atoms with van der Waals surface area (Å²) in [6.07, 6.45) is 0.506. The third-order valence-corrected chi connectivity index (χ3v) is 6.12. The van der Waals surface area contributed by atoms with Crippen LogP contribution in [0.2, 0.25) is 0 Å². The van der Waals surface area contributed by atoms with Crippen molar-refractivity contribution in [2.24, 2.45) is 5.92 Å². The Labute approximate surface area is 175 Å². The molecule has 0 aliphatic carbocycles. The van der Waals surface area contributed by atoms with Gasteiger partial charge in [0.25, 0.3) is 0 Å². The molecule has 0 saturated heterocycles. The molecule has 0 fully saturated rings. The van der Waals surface area contributed by atoms with Crippen molar-refractivity contribution in [3.05, 3.63) is 53.8 Å². The Hall–Kier alpha value is -2.65.